The van der Waals surface area contributed by atoms with E-state index in [4.69, 9.17) is 11.6 Å². The van der Waals surface area contributed by atoms with E-state index in [1.165, 1.54) is 0 Å². The van der Waals surface area contributed by atoms with Crippen molar-refractivity contribution in [3.05, 3.63) is 29.0 Å². The van der Waals surface area contributed by atoms with Crippen molar-refractivity contribution in [2.45, 2.75) is 19.4 Å². The number of carbonyl (C=O) groups excluding carboxylic acids is 1. The van der Waals surface area contributed by atoms with Gasteiger partial charge in [-0.25, -0.2) is 4.98 Å². The molecule has 4 heteroatoms. The van der Waals surface area contributed by atoms with Crippen molar-refractivity contribution in [3.8, 4) is 0 Å². The number of nitrogens with zero attached hydrogens (tertiary/aromatic N) is 2. The summed E-state index contributed by atoms with van der Waals surface area (Å²) in [7, 11) is 0. The van der Waals surface area contributed by atoms with E-state index in [0.717, 1.165) is 18.5 Å². The van der Waals surface area contributed by atoms with Gasteiger partial charge in [-0.15, -0.1) is 0 Å². The molecule has 3 nitrogen and oxygen atoms in total. The number of amides is 1. The molecular formula is C10H11ClN2O. The number of halogens is 1. The van der Waals surface area contributed by atoms with Gasteiger partial charge in [-0.3, -0.25) is 4.79 Å². The van der Waals surface area contributed by atoms with Gasteiger partial charge in [0.1, 0.15) is 5.15 Å². The third-order valence-electron chi connectivity index (χ3n) is 2.37. The molecule has 0 saturated carbocycles. The molecule has 2 rings (SSSR count). The molecule has 0 aromatic carbocycles. The van der Waals surface area contributed by atoms with Crippen LogP contribution in [-0.4, -0.2) is 22.3 Å². The molecule has 0 unspecified atom stereocenters. The maximum absolute atomic E-state index is 11.4. The highest BCUT2D eigenvalue weighted by Gasteiger charge is 2.20. The number of hydrogen-bond donors (Lipinski definition) is 0. The molecule has 0 aliphatic carbocycles. The summed E-state index contributed by atoms with van der Waals surface area (Å²) in [4.78, 5) is 17.1. The highest BCUT2D eigenvalue weighted by Crippen LogP contribution is 2.18. The van der Waals surface area contributed by atoms with Crippen LogP contribution in [0.2, 0.25) is 5.15 Å². The first-order valence-electron chi connectivity index (χ1n) is 4.64. The van der Waals surface area contributed by atoms with Gasteiger partial charge >= 0.3 is 0 Å². The Morgan fingerprint density at radius 3 is 3.07 bits per heavy atom. The summed E-state index contributed by atoms with van der Waals surface area (Å²) >= 11 is 5.90. The maximum Gasteiger partial charge on any atom is 0.222 e. The summed E-state index contributed by atoms with van der Waals surface area (Å²) in [6, 6.07) is 3.74. The second-order valence-electron chi connectivity index (χ2n) is 3.37. The van der Waals surface area contributed by atoms with Gasteiger partial charge in [0.05, 0.1) is 0 Å². The summed E-state index contributed by atoms with van der Waals surface area (Å²) < 4.78 is 0. The van der Waals surface area contributed by atoms with E-state index >= 15 is 0 Å². The summed E-state index contributed by atoms with van der Waals surface area (Å²) in [5, 5.41) is 0.493. The summed E-state index contributed by atoms with van der Waals surface area (Å²) in [6.07, 6.45) is 3.27. The first kappa shape index (κ1) is 9.46. The average Bonchev–Trinajstić information content (AvgIpc) is 2.56. The first-order valence-corrected chi connectivity index (χ1v) is 5.02. The quantitative estimate of drug-likeness (QED) is 0.699. The van der Waals surface area contributed by atoms with Crippen molar-refractivity contribution < 1.29 is 4.79 Å². The Morgan fingerprint density at radius 2 is 2.43 bits per heavy atom. The van der Waals surface area contributed by atoms with Gasteiger partial charge < -0.3 is 4.90 Å². The monoisotopic (exact) mass is 210 g/mol. The normalized spacial score (nSPS) is 16.4. The predicted octanol–water partition coefficient (Wildman–Crippen LogP) is 1.86. The van der Waals surface area contributed by atoms with Gasteiger partial charge in [0.25, 0.3) is 0 Å². The Kier molecular flexibility index (Phi) is 2.68. The van der Waals surface area contributed by atoms with Gasteiger partial charge in [0.2, 0.25) is 5.91 Å². The van der Waals surface area contributed by atoms with Crippen molar-refractivity contribution in [1.82, 2.24) is 9.88 Å². The number of pyridine rings is 1. The van der Waals surface area contributed by atoms with Crippen molar-refractivity contribution in [3.63, 3.8) is 0 Å². The zero-order chi connectivity index (χ0) is 9.97. The fraction of sp³-hybridized carbons (Fsp3) is 0.400. The van der Waals surface area contributed by atoms with E-state index in [2.05, 4.69) is 4.98 Å². The molecule has 0 bridgehead atoms. The molecule has 1 saturated heterocycles. The van der Waals surface area contributed by atoms with Crippen molar-refractivity contribution >= 4 is 17.5 Å². The Bertz CT molecular complexity index is 354. The minimum atomic E-state index is 0.213. The van der Waals surface area contributed by atoms with E-state index < -0.39 is 0 Å². The Hall–Kier alpha value is -1.09. The topological polar surface area (TPSA) is 33.2 Å². The zero-order valence-corrected chi connectivity index (χ0v) is 8.50. The molecule has 0 radical (unpaired) electrons. The predicted molar refractivity (Wildman–Crippen MR) is 53.9 cm³/mol. The summed E-state index contributed by atoms with van der Waals surface area (Å²) in [5.74, 6) is 0.213. The summed E-state index contributed by atoms with van der Waals surface area (Å²) in [6.45, 7) is 1.43. The average molecular weight is 211 g/mol. The van der Waals surface area contributed by atoms with E-state index in [-0.39, 0.29) is 5.91 Å². The Balaban J connectivity index is 2.10. The van der Waals surface area contributed by atoms with Crippen LogP contribution >= 0.6 is 11.6 Å². The molecule has 0 spiro atoms. The molecule has 1 fully saturated rings. The lowest BCUT2D eigenvalue weighted by Crippen LogP contribution is -2.24. The van der Waals surface area contributed by atoms with Crippen LogP contribution < -0.4 is 0 Å². The SMILES string of the molecule is O=C1CCCN1Cc1cccnc1Cl. The number of aromatic nitrogens is 1. The van der Waals surface area contributed by atoms with Gasteiger partial charge in [0.15, 0.2) is 0 Å². The molecular weight excluding hydrogens is 200 g/mol. The van der Waals surface area contributed by atoms with Crippen LogP contribution in [0.15, 0.2) is 18.3 Å². The van der Waals surface area contributed by atoms with Crippen LogP contribution in [0.3, 0.4) is 0 Å². The molecule has 2 heterocycles. The standard InChI is InChI=1S/C10H11ClN2O/c11-10-8(3-1-5-12-10)7-13-6-2-4-9(13)14/h1,3,5H,2,4,6-7H2. The number of rotatable bonds is 2. The second-order valence-corrected chi connectivity index (χ2v) is 3.73. The fourth-order valence-corrected chi connectivity index (χ4v) is 1.79. The molecule has 0 N–H and O–H groups in total. The van der Waals surface area contributed by atoms with Crippen molar-refractivity contribution in [2.24, 2.45) is 0 Å². The molecule has 1 amide bonds. The lowest BCUT2D eigenvalue weighted by molar-refractivity contribution is -0.128. The molecule has 14 heavy (non-hydrogen) atoms. The summed E-state index contributed by atoms with van der Waals surface area (Å²) in [5.41, 5.74) is 0.921. The number of hydrogen-bond acceptors (Lipinski definition) is 2. The van der Waals surface area contributed by atoms with Gasteiger partial charge in [0, 0.05) is 31.3 Å². The maximum atomic E-state index is 11.4. The van der Waals surface area contributed by atoms with Crippen molar-refractivity contribution in [2.75, 3.05) is 6.54 Å². The van der Waals surface area contributed by atoms with E-state index in [1.54, 1.807) is 6.20 Å². The van der Waals surface area contributed by atoms with Crippen molar-refractivity contribution in [1.29, 1.82) is 0 Å². The zero-order valence-electron chi connectivity index (χ0n) is 7.74. The lowest BCUT2D eigenvalue weighted by Gasteiger charge is -2.15. The van der Waals surface area contributed by atoms with Crippen LogP contribution in [0.4, 0.5) is 0 Å². The van der Waals surface area contributed by atoms with Crippen LogP contribution in [0.5, 0.6) is 0 Å². The fourth-order valence-electron chi connectivity index (χ4n) is 1.61. The second kappa shape index (κ2) is 3.96. The van der Waals surface area contributed by atoms with Crippen LogP contribution in [0, 0.1) is 0 Å². The largest absolute Gasteiger partial charge is 0.338 e. The molecule has 1 aliphatic heterocycles. The van der Waals surface area contributed by atoms with E-state index in [9.17, 15) is 4.79 Å². The number of likely N-dealkylation sites (tertiary alicyclic amines) is 1. The van der Waals surface area contributed by atoms with Crippen LogP contribution in [0.1, 0.15) is 18.4 Å². The lowest BCUT2D eigenvalue weighted by atomic mass is 10.3. The Morgan fingerprint density at radius 1 is 1.57 bits per heavy atom. The van der Waals surface area contributed by atoms with Crippen LogP contribution in [0.25, 0.3) is 0 Å². The third-order valence-corrected chi connectivity index (χ3v) is 2.71. The van der Waals surface area contributed by atoms with Crippen LogP contribution in [-0.2, 0) is 11.3 Å². The molecule has 1 aromatic heterocycles. The number of carbonyl (C=O) groups is 1. The highest BCUT2D eigenvalue weighted by atomic mass is 35.5. The molecule has 1 aromatic rings. The van der Waals surface area contributed by atoms with Gasteiger partial charge in [-0.05, 0) is 12.5 Å². The molecule has 1 aliphatic rings. The smallest absolute Gasteiger partial charge is 0.222 e. The first-order chi connectivity index (χ1) is 6.77. The minimum absolute atomic E-state index is 0.213. The highest BCUT2D eigenvalue weighted by molar-refractivity contribution is 6.30. The third kappa shape index (κ3) is 1.87. The van der Waals surface area contributed by atoms with E-state index in [1.807, 2.05) is 17.0 Å². The minimum Gasteiger partial charge on any atom is -0.338 e. The Labute approximate surface area is 87.7 Å². The van der Waals surface area contributed by atoms with Gasteiger partial charge in [-0.2, -0.15) is 0 Å². The molecule has 74 valence electrons. The molecule has 0 atom stereocenters. The van der Waals surface area contributed by atoms with E-state index in [0.29, 0.717) is 18.1 Å². The van der Waals surface area contributed by atoms with Gasteiger partial charge in [-0.1, -0.05) is 17.7 Å².